The minimum absolute atomic E-state index is 0.109. The van der Waals surface area contributed by atoms with Crippen molar-refractivity contribution < 1.29 is 26.3 Å². The van der Waals surface area contributed by atoms with Crippen molar-refractivity contribution in [3.05, 3.63) is 5.01 Å². The van der Waals surface area contributed by atoms with Crippen LogP contribution in [0.4, 0.5) is 18.3 Å². The highest BCUT2D eigenvalue weighted by atomic mass is 32.2. The van der Waals surface area contributed by atoms with Gasteiger partial charge in [-0.25, -0.2) is 12.7 Å². The number of alkyl halides is 3. The predicted octanol–water partition coefficient (Wildman–Crippen LogP) is 1.94. The maximum Gasteiger partial charge on any atom is 0.445 e. The molecule has 0 unspecified atom stereocenters. The Hall–Kier alpha value is -0.980. The van der Waals surface area contributed by atoms with E-state index < -0.39 is 26.5 Å². The third kappa shape index (κ3) is 4.41. The van der Waals surface area contributed by atoms with Crippen molar-refractivity contribution in [3.8, 4) is 0 Å². The van der Waals surface area contributed by atoms with Crippen LogP contribution in [0, 0.1) is 0 Å². The Morgan fingerprint density at radius 2 is 1.76 bits per heavy atom. The van der Waals surface area contributed by atoms with E-state index in [1.807, 2.05) is 0 Å². The van der Waals surface area contributed by atoms with Crippen LogP contribution in [0.3, 0.4) is 0 Å². The number of nitrogens with zero attached hydrogens (tertiary/aromatic N) is 3. The minimum atomic E-state index is -4.50. The first kappa shape index (κ1) is 18.8. The molecule has 2 fully saturated rings. The van der Waals surface area contributed by atoms with Gasteiger partial charge in [-0.3, -0.25) is 0 Å². The third-order valence-corrected chi connectivity index (χ3v) is 7.70. The monoisotopic (exact) mass is 400 g/mol. The fraction of sp³-hybridized carbons (Fsp3) is 0.846. The molecule has 0 spiro atoms. The number of aromatic nitrogens is 2. The lowest BCUT2D eigenvalue weighted by Crippen LogP contribution is -2.47. The summed E-state index contributed by atoms with van der Waals surface area (Å²) in [7, 11) is -3.35. The molecule has 0 aliphatic carbocycles. The molecule has 25 heavy (non-hydrogen) atoms. The maximum atomic E-state index is 12.6. The summed E-state index contributed by atoms with van der Waals surface area (Å²) in [6.07, 6.45) is -2.46. The molecular weight excluding hydrogens is 381 g/mol. The molecule has 2 aliphatic rings. The van der Waals surface area contributed by atoms with E-state index in [0.717, 1.165) is 0 Å². The van der Waals surface area contributed by atoms with Gasteiger partial charge in [0.15, 0.2) is 0 Å². The second-order valence-electron chi connectivity index (χ2n) is 6.08. The molecule has 1 aromatic heterocycles. The first-order chi connectivity index (χ1) is 11.8. The Kier molecular flexibility index (Phi) is 5.51. The topological polar surface area (TPSA) is 84.4 Å². The Morgan fingerprint density at radius 1 is 1.12 bits per heavy atom. The number of anilines is 1. The smallest absolute Gasteiger partial charge is 0.381 e. The van der Waals surface area contributed by atoms with Crippen LogP contribution < -0.4 is 5.32 Å². The van der Waals surface area contributed by atoms with Gasteiger partial charge in [-0.15, -0.1) is 10.2 Å². The zero-order chi connectivity index (χ0) is 18.1. The van der Waals surface area contributed by atoms with Gasteiger partial charge >= 0.3 is 6.18 Å². The standard InChI is InChI=1S/C13H19F3N4O3S2/c14-13(15,16)11-18-19-12(24-11)17-9-1-5-20(6-2-9)25(21,22)10-3-7-23-8-4-10/h9-10H,1-8H2,(H,17,19). The molecule has 12 heteroatoms. The summed E-state index contributed by atoms with van der Waals surface area (Å²) in [6, 6.07) is -0.116. The van der Waals surface area contributed by atoms with Crippen molar-refractivity contribution >= 4 is 26.5 Å². The van der Waals surface area contributed by atoms with Crippen LogP contribution in [0.1, 0.15) is 30.7 Å². The van der Waals surface area contributed by atoms with E-state index in [1.54, 1.807) is 0 Å². The molecule has 0 aromatic carbocycles. The van der Waals surface area contributed by atoms with Gasteiger partial charge in [0.2, 0.25) is 20.2 Å². The van der Waals surface area contributed by atoms with E-state index in [1.165, 1.54) is 4.31 Å². The zero-order valence-electron chi connectivity index (χ0n) is 13.3. The lowest BCUT2D eigenvalue weighted by Gasteiger charge is -2.34. The summed E-state index contributed by atoms with van der Waals surface area (Å²) in [4.78, 5) is 0. The van der Waals surface area contributed by atoms with E-state index in [0.29, 0.717) is 63.3 Å². The molecule has 1 N–H and O–H groups in total. The maximum absolute atomic E-state index is 12.6. The second kappa shape index (κ2) is 7.33. The number of halogens is 3. The van der Waals surface area contributed by atoms with Crippen molar-refractivity contribution in [1.82, 2.24) is 14.5 Å². The highest BCUT2D eigenvalue weighted by molar-refractivity contribution is 7.89. The van der Waals surface area contributed by atoms with E-state index in [-0.39, 0.29) is 11.2 Å². The average Bonchev–Trinajstić information content (AvgIpc) is 3.05. The molecule has 3 heterocycles. The quantitative estimate of drug-likeness (QED) is 0.832. The van der Waals surface area contributed by atoms with Crippen LogP contribution in [0.25, 0.3) is 0 Å². The lowest BCUT2D eigenvalue weighted by molar-refractivity contribution is -0.138. The van der Waals surface area contributed by atoms with Crippen LogP contribution in [-0.4, -0.2) is 60.5 Å². The van der Waals surface area contributed by atoms with Crippen LogP contribution in [0.2, 0.25) is 0 Å². The molecule has 0 amide bonds. The molecule has 3 rings (SSSR count). The summed E-state index contributed by atoms with van der Waals surface area (Å²) in [5.41, 5.74) is 0. The Labute approximate surface area is 147 Å². The predicted molar refractivity (Wildman–Crippen MR) is 85.9 cm³/mol. The van der Waals surface area contributed by atoms with Gasteiger partial charge in [0.25, 0.3) is 0 Å². The number of nitrogens with one attached hydrogen (secondary N) is 1. The molecule has 0 bridgehead atoms. The average molecular weight is 400 g/mol. The highest BCUT2D eigenvalue weighted by Crippen LogP contribution is 2.33. The Balaban J connectivity index is 1.54. The molecule has 1 aromatic rings. The number of sulfonamides is 1. The molecule has 0 saturated carbocycles. The number of hydrogen-bond donors (Lipinski definition) is 1. The number of hydrogen-bond acceptors (Lipinski definition) is 7. The van der Waals surface area contributed by atoms with Gasteiger partial charge in [0, 0.05) is 32.3 Å². The molecule has 2 aliphatic heterocycles. The van der Waals surface area contributed by atoms with Crippen molar-refractivity contribution in [2.24, 2.45) is 0 Å². The van der Waals surface area contributed by atoms with Crippen LogP contribution >= 0.6 is 11.3 Å². The minimum Gasteiger partial charge on any atom is -0.381 e. The summed E-state index contributed by atoms with van der Waals surface area (Å²) in [5.74, 6) is 0. The highest BCUT2D eigenvalue weighted by Gasteiger charge is 2.37. The molecule has 142 valence electrons. The van der Waals surface area contributed by atoms with Gasteiger partial charge in [-0.2, -0.15) is 13.2 Å². The van der Waals surface area contributed by atoms with Crippen molar-refractivity contribution in [3.63, 3.8) is 0 Å². The Bertz CT molecular complexity index is 681. The van der Waals surface area contributed by atoms with Crippen LogP contribution in [0.15, 0.2) is 0 Å². The van der Waals surface area contributed by atoms with Crippen molar-refractivity contribution in [1.29, 1.82) is 0 Å². The molecular formula is C13H19F3N4O3S2. The molecule has 0 radical (unpaired) electrons. The zero-order valence-corrected chi connectivity index (χ0v) is 15.0. The summed E-state index contributed by atoms with van der Waals surface area (Å²) in [6.45, 7) is 1.62. The van der Waals surface area contributed by atoms with E-state index in [4.69, 9.17) is 4.74 Å². The van der Waals surface area contributed by atoms with Crippen molar-refractivity contribution in [2.75, 3.05) is 31.6 Å². The number of ether oxygens (including phenoxy) is 1. The van der Waals surface area contributed by atoms with Crippen LogP contribution in [-0.2, 0) is 20.9 Å². The van der Waals surface area contributed by atoms with E-state index >= 15 is 0 Å². The molecule has 7 nitrogen and oxygen atoms in total. The summed E-state index contributed by atoms with van der Waals surface area (Å²) < 4.78 is 69.6. The first-order valence-corrected chi connectivity index (χ1v) is 10.3. The summed E-state index contributed by atoms with van der Waals surface area (Å²) in [5, 5.41) is 8.29. The van der Waals surface area contributed by atoms with Gasteiger partial charge in [0.1, 0.15) is 0 Å². The van der Waals surface area contributed by atoms with Gasteiger partial charge in [-0.05, 0) is 25.7 Å². The normalized spacial score (nSPS) is 22.2. The van der Waals surface area contributed by atoms with Crippen LogP contribution in [0.5, 0.6) is 0 Å². The lowest BCUT2D eigenvalue weighted by atomic mass is 10.1. The van der Waals surface area contributed by atoms with E-state index in [9.17, 15) is 21.6 Å². The largest absolute Gasteiger partial charge is 0.445 e. The van der Waals surface area contributed by atoms with Gasteiger partial charge in [-0.1, -0.05) is 11.3 Å². The fourth-order valence-electron chi connectivity index (χ4n) is 3.01. The summed E-state index contributed by atoms with van der Waals surface area (Å²) >= 11 is 0.458. The Morgan fingerprint density at radius 3 is 2.32 bits per heavy atom. The van der Waals surface area contributed by atoms with E-state index in [2.05, 4.69) is 15.5 Å². The van der Waals surface area contributed by atoms with Crippen molar-refractivity contribution in [2.45, 2.75) is 43.2 Å². The van der Waals surface area contributed by atoms with Gasteiger partial charge in [0.05, 0.1) is 5.25 Å². The van der Waals surface area contributed by atoms with Gasteiger partial charge < -0.3 is 10.1 Å². The molecule has 2 saturated heterocycles. The molecule has 0 atom stereocenters. The third-order valence-electron chi connectivity index (χ3n) is 4.40. The second-order valence-corrected chi connectivity index (χ2v) is 9.27. The fourth-order valence-corrected chi connectivity index (χ4v) is 5.63. The SMILES string of the molecule is O=S(=O)(C1CCOCC1)N1CCC(Nc2nnc(C(F)(F)F)s2)CC1. The number of rotatable bonds is 4. The number of piperidine rings is 1. The first-order valence-electron chi connectivity index (χ1n) is 8.01.